The summed E-state index contributed by atoms with van der Waals surface area (Å²) in [5.41, 5.74) is 0.276. The first-order chi connectivity index (χ1) is 6.67. The fourth-order valence-corrected chi connectivity index (χ4v) is 1.01. The van der Waals surface area contributed by atoms with Gasteiger partial charge >= 0.3 is 0 Å². The summed E-state index contributed by atoms with van der Waals surface area (Å²) in [6, 6.07) is 5.87. The second-order valence-corrected chi connectivity index (χ2v) is 2.84. The minimum atomic E-state index is -0.434. The summed E-state index contributed by atoms with van der Waals surface area (Å²) in [4.78, 5) is 0. The van der Waals surface area contributed by atoms with Crippen molar-refractivity contribution in [2.75, 3.05) is 12.4 Å². The molecule has 14 heavy (non-hydrogen) atoms. The molecule has 0 saturated carbocycles. The largest absolute Gasteiger partial charge is 0.497 e. The first-order valence-electron chi connectivity index (χ1n) is 4.17. The van der Waals surface area contributed by atoms with E-state index in [1.807, 2.05) is 6.07 Å². The van der Waals surface area contributed by atoms with Gasteiger partial charge in [-0.3, -0.25) is 0 Å². The second kappa shape index (κ2) is 4.47. The number of benzene rings is 1. The molecule has 0 fully saturated rings. The number of nitrogens with zero attached hydrogens (tertiary/aromatic N) is 1. The molecule has 74 valence electrons. The summed E-state index contributed by atoms with van der Waals surface area (Å²) in [5, 5.41) is 11.3. The van der Waals surface area contributed by atoms with Crippen LogP contribution in [0.5, 0.6) is 5.75 Å². The lowest BCUT2D eigenvalue weighted by Crippen LogP contribution is -2.13. The first kappa shape index (κ1) is 10.3. The third-order valence-electron chi connectivity index (χ3n) is 1.74. The summed E-state index contributed by atoms with van der Waals surface area (Å²) >= 11 is 0. The zero-order valence-corrected chi connectivity index (χ0v) is 8.04. The number of methoxy groups -OCH3 is 1. The van der Waals surface area contributed by atoms with Gasteiger partial charge in [0.25, 0.3) is 0 Å². The molecule has 0 bridgehead atoms. The summed E-state index contributed by atoms with van der Waals surface area (Å²) in [7, 11) is 1.50. The number of nitriles is 1. The van der Waals surface area contributed by atoms with Crippen molar-refractivity contribution in [3.63, 3.8) is 0 Å². The van der Waals surface area contributed by atoms with E-state index in [0.717, 1.165) is 0 Å². The molecule has 1 aromatic rings. The van der Waals surface area contributed by atoms with E-state index >= 15 is 0 Å². The van der Waals surface area contributed by atoms with Crippen LogP contribution >= 0.6 is 0 Å². The van der Waals surface area contributed by atoms with Crippen molar-refractivity contribution in [3.8, 4) is 11.8 Å². The highest BCUT2D eigenvalue weighted by molar-refractivity contribution is 5.50. The SMILES string of the molecule is COc1ccc(F)c(NC(C)C#N)c1. The lowest BCUT2D eigenvalue weighted by atomic mass is 10.2. The van der Waals surface area contributed by atoms with Crippen molar-refractivity contribution in [2.24, 2.45) is 0 Å². The number of anilines is 1. The van der Waals surface area contributed by atoms with Gasteiger partial charge in [0.05, 0.1) is 18.9 Å². The van der Waals surface area contributed by atoms with Crippen LogP contribution in [0.3, 0.4) is 0 Å². The predicted molar refractivity (Wildman–Crippen MR) is 51.6 cm³/mol. The van der Waals surface area contributed by atoms with E-state index in [4.69, 9.17) is 10.00 Å². The van der Waals surface area contributed by atoms with Crippen LogP contribution < -0.4 is 10.1 Å². The number of ether oxygens (including phenoxy) is 1. The molecule has 0 aromatic heterocycles. The zero-order valence-electron chi connectivity index (χ0n) is 8.04. The van der Waals surface area contributed by atoms with Gasteiger partial charge in [-0.05, 0) is 19.1 Å². The van der Waals surface area contributed by atoms with Crippen molar-refractivity contribution in [1.82, 2.24) is 0 Å². The van der Waals surface area contributed by atoms with Gasteiger partial charge in [0.1, 0.15) is 17.6 Å². The predicted octanol–water partition coefficient (Wildman–Crippen LogP) is 2.16. The zero-order chi connectivity index (χ0) is 10.6. The molecular formula is C10H11FN2O. The van der Waals surface area contributed by atoms with E-state index < -0.39 is 11.9 Å². The lowest BCUT2D eigenvalue weighted by molar-refractivity contribution is 0.414. The number of rotatable bonds is 3. The van der Waals surface area contributed by atoms with Gasteiger partial charge in [-0.2, -0.15) is 5.26 Å². The van der Waals surface area contributed by atoms with E-state index in [0.29, 0.717) is 5.75 Å². The molecule has 1 rings (SSSR count). The molecule has 0 aliphatic rings. The van der Waals surface area contributed by atoms with E-state index in [9.17, 15) is 4.39 Å². The summed E-state index contributed by atoms with van der Waals surface area (Å²) in [6.07, 6.45) is 0. The number of nitrogens with one attached hydrogen (secondary N) is 1. The summed E-state index contributed by atoms with van der Waals surface area (Å²) in [6.45, 7) is 1.65. The van der Waals surface area contributed by atoms with E-state index in [1.54, 1.807) is 6.92 Å². The van der Waals surface area contributed by atoms with Gasteiger partial charge < -0.3 is 10.1 Å². The van der Waals surface area contributed by atoms with Crippen molar-refractivity contribution >= 4 is 5.69 Å². The number of hydrogen-bond acceptors (Lipinski definition) is 3. The Morgan fingerprint density at radius 1 is 1.57 bits per heavy atom. The highest BCUT2D eigenvalue weighted by Gasteiger charge is 2.06. The topological polar surface area (TPSA) is 45.0 Å². The Hall–Kier alpha value is -1.76. The summed E-state index contributed by atoms with van der Waals surface area (Å²) < 4.78 is 18.1. The first-order valence-corrected chi connectivity index (χ1v) is 4.17. The molecule has 0 spiro atoms. The molecule has 0 saturated heterocycles. The maximum absolute atomic E-state index is 13.2. The Bertz CT molecular complexity index is 360. The molecule has 3 nitrogen and oxygen atoms in total. The van der Waals surface area contributed by atoms with Crippen LogP contribution in [0.1, 0.15) is 6.92 Å². The fraction of sp³-hybridized carbons (Fsp3) is 0.300. The van der Waals surface area contributed by atoms with Gasteiger partial charge in [-0.25, -0.2) is 4.39 Å². The number of hydrogen-bond donors (Lipinski definition) is 1. The van der Waals surface area contributed by atoms with E-state index in [2.05, 4.69) is 5.32 Å². The molecule has 1 unspecified atom stereocenters. The Morgan fingerprint density at radius 3 is 2.86 bits per heavy atom. The number of halogens is 1. The van der Waals surface area contributed by atoms with Gasteiger partial charge in [-0.1, -0.05) is 0 Å². The maximum atomic E-state index is 13.2. The van der Waals surface area contributed by atoms with Crippen molar-refractivity contribution in [2.45, 2.75) is 13.0 Å². The molecule has 0 amide bonds. The summed E-state index contributed by atoms with van der Waals surface area (Å²) in [5.74, 6) is 0.159. The minimum absolute atomic E-state index is 0.276. The quantitative estimate of drug-likeness (QED) is 0.801. The average molecular weight is 194 g/mol. The fourth-order valence-electron chi connectivity index (χ4n) is 1.01. The molecule has 4 heteroatoms. The van der Waals surface area contributed by atoms with Crippen molar-refractivity contribution in [1.29, 1.82) is 5.26 Å². The van der Waals surface area contributed by atoms with E-state index in [1.165, 1.54) is 25.3 Å². The van der Waals surface area contributed by atoms with Gasteiger partial charge in [-0.15, -0.1) is 0 Å². The third-order valence-corrected chi connectivity index (χ3v) is 1.74. The third kappa shape index (κ3) is 2.36. The highest BCUT2D eigenvalue weighted by Crippen LogP contribution is 2.21. The van der Waals surface area contributed by atoms with Crippen molar-refractivity contribution in [3.05, 3.63) is 24.0 Å². The second-order valence-electron chi connectivity index (χ2n) is 2.84. The maximum Gasteiger partial charge on any atom is 0.146 e. The average Bonchev–Trinajstić information content (AvgIpc) is 2.21. The Kier molecular flexibility index (Phi) is 3.29. The van der Waals surface area contributed by atoms with E-state index in [-0.39, 0.29) is 5.69 Å². The Labute approximate surface area is 82.1 Å². The van der Waals surface area contributed by atoms with Gasteiger partial charge in [0.15, 0.2) is 0 Å². The molecule has 1 aromatic carbocycles. The minimum Gasteiger partial charge on any atom is -0.497 e. The van der Waals surface area contributed by atoms with Gasteiger partial charge in [0, 0.05) is 6.07 Å². The molecule has 1 N–H and O–H groups in total. The molecule has 0 aliphatic carbocycles. The van der Waals surface area contributed by atoms with Crippen molar-refractivity contribution < 1.29 is 9.13 Å². The normalized spacial score (nSPS) is 11.6. The Morgan fingerprint density at radius 2 is 2.29 bits per heavy atom. The molecule has 0 aliphatic heterocycles. The highest BCUT2D eigenvalue weighted by atomic mass is 19.1. The Balaban J connectivity index is 2.90. The molecular weight excluding hydrogens is 183 g/mol. The van der Waals surface area contributed by atoms with Gasteiger partial charge in [0.2, 0.25) is 0 Å². The standard InChI is InChI=1S/C10H11FN2O/c1-7(6-12)13-10-5-8(14-2)3-4-9(10)11/h3-5,7,13H,1-2H3. The monoisotopic (exact) mass is 194 g/mol. The smallest absolute Gasteiger partial charge is 0.146 e. The van der Waals surface area contributed by atoms with Crippen LogP contribution in [0.4, 0.5) is 10.1 Å². The van der Waals surface area contributed by atoms with Crippen LogP contribution in [0.2, 0.25) is 0 Å². The molecule has 0 heterocycles. The lowest BCUT2D eigenvalue weighted by Gasteiger charge is -2.10. The van der Waals surface area contributed by atoms with Crippen LogP contribution in [0, 0.1) is 17.1 Å². The van der Waals surface area contributed by atoms with Crippen LogP contribution in [0.15, 0.2) is 18.2 Å². The van der Waals surface area contributed by atoms with Crippen LogP contribution in [0.25, 0.3) is 0 Å². The van der Waals surface area contributed by atoms with Crippen LogP contribution in [-0.4, -0.2) is 13.2 Å². The molecule has 1 atom stereocenters. The van der Waals surface area contributed by atoms with Crippen LogP contribution in [-0.2, 0) is 0 Å². The molecule has 0 radical (unpaired) electrons.